The molecule has 0 aliphatic rings. The van der Waals surface area contributed by atoms with Crippen LogP contribution in [0.5, 0.6) is 0 Å². The molecule has 0 aliphatic heterocycles. The van der Waals surface area contributed by atoms with Crippen molar-refractivity contribution in [2.75, 3.05) is 5.32 Å². The molecule has 136 valence electrons. The minimum Gasteiger partial charge on any atom is -0.331 e. The monoisotopic (exact) mass is 379 g/mol. The largest absolute Gasteiger partial charge is 0.331 e. The lowest BCUT2D eigenvalue weighted by molar-refractivity contribution is -0.115. The van der Waals surface area contributed by atoms with Crippen molar-refractivity contribution in [2.24, 2.45) is 7.05 Å². The number of ketones is 1. The van der Waals surface area contributed by atoms with Gasteiger partial charge < -0.3 is 9.88 Å². The summed E-state index contributed by atoms with van der Waals surface area (Å²) in [4.78, 5) is 28.2. The number of anilines is 1. The normalized spacial score (nSPS) is 10.9. The molecule has 0 fully saturated rings. The molecule has 0 atom stereocenters. The van der Waals surface area contributed by atoms with Gasteiger partial charge in [-0.25, -0.2) is 4.98 Å². The van der Waals surface area contributed by atoms with Crippen molar-refractivity contribution in [2.45, 2.75) is 6.42 Å². The Bertz CT molecular complexity index is 973. The fraction of sp³-hybridized carbons (Fsp3) is 0.0952. The van der Waals surface area contributed by atoms with Gasteiger partial charge in [-0.3, -0.25) is 9.59 Å². The van der Waals surface area contributed by atoms with Gasteiger partial charge in [0.15, 0.2) is 5.82 Å². The van der Waals surface area contributed by atoms with Crippen LogP contribution in [0.1, 0.15) is 21.7 Å². The summed E-state index contributed by atoms with van der Waals surface area (Å²) in [5, 5.41) is 3.45. The Labute approximate surface area is 162 Å². The summed E-state index contributed by atoms with van der Waals surface area (Å²) in [5.74, 6) is 0.126. The average Bonchev–Trinajstić information content (AvgIpc) is 3.09. The van der Waals surface area contributed by atoms with Crippen LogP contribution >= 0.6 is 11.6 Å². The number of carbonyl (C=O) groups is 2. The molecule has 5 nitrogen and oxygen atoms in total. The van der Waals surface area contributed by atoms with E-state index in [0.29, 0.717) is 16.5 Å². The number of hydrogen-bond donors (Lipinski definition) is 1. The number of aryl methyl sites for hydroxylation is 1. The Morgan fingerprint density at radius 3 is 2.44 bits per heavy atom. The molecular formula is C21H18ClN3O2. The maximum Gasteiger partial charge on any atom is 0.228 e. The summed E-state index contributed by atoms with van der Waals surface area (Å²) in [5.41, 5.74) is 2.46. The van der Waals surface area contributed by atoms with E-state index in [1.54, 1.807) is 54.3 Å². The third-order valence-corrected chi connectivity index (χ3v) is 4.19. The van der Waals surface area contributed by atoms with Crippen LogP contribution in [0.4, 0.5) is 5.69 Å². The van der Waals surface area contributed by atoms with E-state index in [4.69, 9.17) is 11.6 Å². The summed E-state index contributed by atoms with van der Waals surface area (Å²) in [7, 11) is 1.78. The molecule has 0 aliphatic carbocycles. The van der Waals surface area contributed by atoms with Gasteiger partial charge in [-0.05, 0) is 41.5 Å². The molecule has 1 heterocycles. The molecule has 1 aromatic heterocycles. The highest BCUT2D eigenvalue weighted by molar-refractivity contribution is 6.30. The smallest absolute Gasteiger partial charge is 0.228 e. The number of rotatable bonds is 6. The number of halogens is 1. The van der Waals surface area contributed by atoms with E-state index in [-0.39, 0.29) is 18.1 Å². The molecule has 0 saturated carbocycles. The molecule has 0 bridgehead atoms. The van der Waals surface area contributed by atoms with Crippen molar-refractivity contribution in [1.29, 1.82) is 0 Å². The van der Waals surface area contributed by atoms with Crippen LogP contribution in [0.3, 0.4) is 0 Å². The van der Waals surface area contributed by atoms with E-state index < -0.39 is 0 Å². The minimum atomic E-state index is -0.158. The Hall–Kier alpha value is -3.18. The number of nitrogens with zero attached hydrogens (tertiary/aromatic N) is 2. The number of carbonyl (C=O) groups excluding carboxylic acids is 2. The van der Waals surface area contributed by atoms with E-state index in [1.165, 1.54) is 6.08 Å². The first-order valence-corrected chi connectivity index (χ1v) is 8.73. The zero-order valence-corrected chi connectivity index (χ0v) is 15.5. The van der Waals surface area contributed by atoms with Crippen molar-refractivity contribution in [3.8, 4) is 0 Å². The lowest BCUT2D eigenvalue weighted by atomic mass is 10.1. The molecular weight excluding hydrogens is 362 g/mol. The SMILES string of the molecule is Cn1ccnc1C(=O)/C=C/c1ccc(CC(=O)Nc2ccc(Cl)cc2)cc1. The summed E-state index contributed by atoms with van der Waals surface area (Å²) in [6.07, 6.45) is 6.80. The predicted octanol–water partition coefficient (Wildman–Crippen LogP) is 4.15. The molecule has 27 heavy (non-hydrogen) atoms. The molecule has 1 N–H and O–H groups in total. The van der Waals surface area contributed by atoms with Crippen molar-refractivity contribution in [3.63, 3.8) is 0 Å². The zero-order chi connectivity index (χ0) is 19.2. The van der Waals surface area contributed by atoms with Gasteiger partial charge in [-0.1, -0.05) is 41.9 Å². The van der Waals surface area contributed by atoms with Gasteiger partial charge in [0.1, 0.15) is 0 Å². The van der Waals surface area contributed by atoms with Crippen molar-refractivity contribution >= 4 is 35.1 Å². The highest BCUT2D eigenvalue weighted by Crippen LogP contribution is 2.14. The van der Waals surface area contributed by atoms with Crippen molar-refractivity contribution in [3.05, 3.63) is 89.0 Å². The van der Waals surface area contributed by atoms with E-state index >= 15 is 0 Å². The molecule has 0 spiro atoms. The highest BCUT2D eigenvalue weighted by Gasteiger charge is 2.07. The number of amides is 1. The Morgan fingerprint density at radius 1 is 1.11 bits per heavy atom. The third kappa shape index (κ3) is 5.15. The van der Waals surface area contributed by atoms with Gasteiger partial charge in [0.05, 0.1) is 6.42 Å². The molecule has 2 aromatic carbocycles. The Kier molecular flexibility index (Phi) is 5.84. The van der Waals surface area contributed by atoms with Crippen LogP contribution in [-0.2, 0) is 18.3 Å². The van der Waals surface area contributed by atoms with Crippen molar-refractivity contribution in [1.82, 2.24) is 9.55 Å². The van der Waals surface area contributed by atoms with E-state index in [0.717, 1.165) is 11.1 Å². The second kappa shape index (κ2) is 8.47. The van der Waals surface area contributed by atoms with Gasteiger partial charge in [0, 0.05) is 30.2 Å². The number of allylic oxidation sites excluding steroid dienone is 1. The summed E-state index contributed by atoms with van der Waals surface area (Å²) >= 11 is 5.83. The number of nitrogens with one attached hydrogen (secondary N) is 1. The highest BCUT2D eigenvalue weighted by atomic mass is 35.5. The van der Waals surface area contributed by atoms with E-state index in [1.807, 2.05) is 24.3 Å². The first-order chi connectivity index (χ1) is 13.0. The molecule has 6 heteroatoms. The Morgan fingerprint density at radius 2 is 1.81 bits per heavy atom. The molecule has 0 radical (unpaired) electrons. The van der Waals surface area contributed by atoms with Crippen LogP contribution in [0, 0.1) is 0 Å². The Balaban J connectivity index is 1.57. The first-order valence-electron chi connectivity index (χ1n) is 8.35. The topological polar surface area (TPSA) is 64.0 Å². The average molecular weight is 380 g/mol. The van der Waals surface area contributed by atoms with Crippen LogP contribution in [0.25, 0.3) is 6.08 Å². The second-order valence-corrected chi connectivity index (χ2v) is 6.47. The van der Waals surface area contributed by atoms with Gasteiger partial charge in [-0.2, -0.15) is 0 Å². The first kappa shape index (κ1) is 18.6. The minimum absolute atomic E-state index is 0.106. The van der Waals surface area contributed by atoms with Crippen LogP contribution in [0.2, 0.25) is 5.02 Å². The quantitative estimate of drug-likeness (QED) is 0.517. The van der Waals surface area contributed by atoms with Gasteiger partial charge in [0.2, 0.25) is 11.7 Å². The third-order valence-electron chi connectivity index (χ3n) is 3.94. The van der Waals surface area contributed by atoms with Crippen LogP contribution < -0.4 is 5.32 Å². The van der Waals surface area contributed by atoms with Gasteiger partial charge in [-0.15, -0.1) is 0 Å². The predicted molar refractivity (Wildman–Crippen MR) is 107 cm³/mol. The van der Waals surface area contributed by atoms with Gasteiger partial charge in [0.25, 0.3) is 0 Å². The number of benzene rings is 2. The number of hydrogen-bond acceptors (Lipinski definition) is 3. The molecule has 3 aromatic rings. The maximum atomic E-state index is 12.1. The van der Waals surface area contributed by atoms with E-state index in [9.17, 15) is 9.59 Å². The molecule has 1 amide bonds. The summed E-state index contributed by atoms with van der Waals surface area (Å²) in [6.45, 7) is 0. The summed E-state index contributed by atoms with van der Waals surface area (Å²) < 4.78 is 1.68. The van der Waals surface area contributed by atoms with Gasteiger partial charge >= 0.3 is 0 Å². The number of aromatic nitrogens is 2. The van der Waals surface area contributed by atoms with Crippen LogP contribution in [-0.4, -0.2) is 21.2 Å². The fourth-order valence-electron chi connectivity index (χ4n) is 2.52. The number of imidazole rings is 1. The molecule has 0 saturated heterocycles. The molecule has 0 unspecified atom stereocenters. The fourth-order valence-corrected chi connectivity index (χ4v) is 2.65. The van der Waals surface area contributed by atoms with Crippen LogP contribution in [0.15, 0.2) is 67.0 Å². The molecule has 3 rings (SSSR count). The standard InChI is InChI=1S/C21H18ClN3O2/c1-25-13-12-23-21(25)19(26)11-6-15-2-4-16(5-3-15)14-20(27)24-18-9-7-17(22)8-10-18/h2-13H,14H2,1H3,(H,24,27)/b11-6+. The summed E-state index contributed by atoms with van der Waals surface area (Å²) in [6, 6.07) is 14.4. The maximum absolute atomic E-state index is 12.1. The lowest BCUT2D eigenvalue weighted by Gasteiger charge is -2.06. The lowest BCUT2D eigenvalue weighted by Crippen LogP contribution is -2.14. The second-order valence-electron chi connectivity index (χ2n) is 6.03. The van der Waals surface area contributed by atoms with E-state index in [2.05, 4.69) is 10.3 Å². The zero-order valence-electron chi connectivity index (χ0n) is 14.7. The van der Waals surface area contributed by atoms with Crippen molar-refractivity contribution < 1.29 is 9.59 Å².